The molecule has 0 unspecified atom stereocenters. The van der Waals surface area contributed by atoms with Gasteiger partial charge in [-0.15, -0.1) is 17.9 Å². The van der Waals surface area contributed by atoms with Crippen molar-refractivity contribution in [3.63, 3.8) is 0 Å². The van der Waals surface area contributed by atoms with Gasteiger partial charge in [-0.3, -0.25) is 10.2 Å². The van der Waals surface area contributed by atoms with Crippen LogP contribution in [0.5, 0.6) is 0 Å². The summed E-state index contributed by atoms with van der Waals surface area (Å²) in [5.74, 6) is -0.400. The lowest BCUT2D eigenvalue weighted by molar-refractivity contribution is 0.0526. The van der Waals surface area contributed by atoms with E-state index in [9.17, 15) is 9.59 Å². The second-order valence-electron chi connectivity index (χ2n) is 6.83. The Bertz CT molecular complexity index is 661. The maximum absolute atomic E-state index is 12.4. The first-order valence-corrected chi connectivity index (χ1v) is 9.21. The van der Waals surface area contributed by atoms with Crippen molar-refractivity contribution in [1.29, 1.82) is 0 Å². The number of hydrogen-bond acceptors (Lipinski definition) is 6. The molecule has 1 aliphatic rings. The fourth-order valence-corrected chi connectivity index (χ4v) is 3.96. The molecule has 6 nitrogen and oxygen atoms in total. The molecule has 0 aromatic carbocycles. The Labute approximate surface area is 152 Å². The zero-order valence-corrected chi connectivity index (χ0v) is 16.1. The van der Waals surface area contributed by atoms with Gasteiger partial charge in [-0.2, -0.15) is 0 Å². The fraction of sp³-hybridized carbons (Fsp3) is 0.556. The molecule has 0 fully saturated rings. The molecule has 2 rings (SSSR count). The van der Waals surface area contributed by atoms with Crippen LogP contribution in [0, 0.1) is 0 Å². The number of thiophene rings is 1. The molecule has 1 N–H and O–H groups in total. The molecule has 0 aliphatic carbocycles. The van der Waals surface area contributed by atoms with Crippen LogP contribution in [0.1, 0.15) is 48.5 Å². The minimum absolute atomic E-state index is 0.290. The van der Waals surface area contributed by atoms with E-state index in [0.29, 0.717) is 10.6 Å². The predicted octanol–water partition coefficient (Wildman–Crippen LogP) is 3.82. The lowest BCUT2D eigenvalue weighted by Gasteiger charge is -2.25. The summed E-state index contributed by atoms with van der Waals surface area (Å²) < 4.78 is 10.5. The molecular formula is C18H26N2O4S. The molecule has 1 aromatic heterocycles. The molecular weight excluding hydrogens is 340 g/mol. The van der Waals surface area contributed by atoms with E-state index in [1.807, 2.05) is 6.08 Å². The van der Waals surface area contributed by atoms with Gasteiger partial charge in [-0.25, -0.2) is 9.59 Å². The van der Waals surface area contributed by atoms with Gasteiger partial charge in [0.1, 0.15) is 10.6 Å². The minimum Gasteiger partial charge on any atom is -0.462 e. The number of hydrogen-bond donors (Lipinski definition) is 1. The number of nitrogens with one attached hydrogen (secondary N) is 1. The molecule has 0 atom stereocenters. The van der Waals surface area contributed by atoms with Crippen molar-refractivity contribution in [1.82, 2.24) is 4.90 Å². The van der Waals surface area contributed by atoms with Crippen LogP contribution in [-0.4, -0.2) is 42.3 Å². The van der Waals surface area contributed by atoms with Crippen LogP contribution in [0.3, 0.4) is 0 Å². The summed E-state index contributed by atoms with van der Waals surface area (Å²) in [6, 6.07) is 0. The molecule has 1 amide bonds. The van der Waals surface area contributed by atoms with E-state index in [-0.39, 0.29) is 6.61 Å². The van der Waals surface area contributed by atoms with Crippen molar-refractivity contribution in [2.24, 2.45) is 0 Å². The molecule has 0 bridgehead atoms. The maximum atomic E-state index is 12.4. The second kappa shape index (κ2) is 8.01. The lowest BCUT2D eigenvalue weighted by atomic mass is 10.0. The van der Waals surface area contributed by atoms with Crippen molar-refractivity contribution >= 4 is 28.4 Å². The normalized spacial score (nSPS) is 14.6. The van der Waals surface area contributed by atoms with E-state index in [0.717, 1.165) is 36.5 Å². The molecule has 2 heterocycles. The molecule has 0 spiro atoms. The highest BCUT2D eigenvalue weighted by molar-refractivity contribution is 7.17. The zero-order valence-electron chi connectivity index (χ0n) is 15.3. The van der Waals surface area contributed by atoms with Crippen LogP contribution in [0.4, 0.5) is 9.80 Å². The Balaban J connectivity index is 2.30. The number of ether oxygens (including phenoxy) is 2. The SMILES string of the molecule is C=CCN1CCc2c(sc(NC(=O)OC(C)(C)C)c2C(=O)OCC)C1. The van der Waals surface area contributed by atoms with E-state index in [1.54, 1.807) is 27.7 Å². The first-order chi connectivity index (χ1) is 11.7. The van der Waals surface area contributed by atoms with Crippen LogP contribution < -0.4 is 5.32 Å². The van der Waals surface area contributed by atoms with Gasteiger partial charge in [0.05, 0.1) is 12.2 Å². The molecule has 0 saturated heterocycles. The van der Waals surface area contributed by atoms with Crippen LogP contribution >= 0.6 is 11.3 Å². The van der Waals surface area contributed by atoms with E-state index in [1.165, 1.54) is 11.3 Å². The number of nitrogens with zero attached hydrogens (tertiary/aromatic N) is 1. The summed E-state index contributed by atoms with van der Waals surface area (Å²) >= 11 is 1.41. The van der Waals surface area contributed by atoms with Crippen LogP contribution in [0.2, 0.25) is 0 Å². The molecule has 0 saturated carbocycles. The van der Waals surface area contributed by atoms with E-state index < -0.39 is 17.7 Å². The Morgan fingerprint density at radius 3 is 2.72 bits per heavy atom. The Kier molecular flexibility index (Phi) is 6.24. The predicted molar refractivity (Wildman–Crippen MR) is 99.3 cm³/mol. The summed E-state index contributed by atoms with van der Waals surface area (Å²) in [6.45, 7) is 13.6. The van der Waals surface area contributed by atoms with Crippen LogP contribution in [0.25, 0.3) is 0 Å². The number of anilines is 1. The molecule has 0 radical (unpaired) electrons. The third-order valence-electron chi connectivity index (χ3n) is 3.62. The highest BCUT2D eigenvalue weighted by atomic mass is 32.1. The average molecular weight is 366 g/mol. The maximum Gasteiger partial charge on any atom is 0.412 e. The summed E-state index contributed by atoms with van der Waals surface area (Å²) in [5, 5.41) is 3.23. The van der Waals surface area contributed by atoms with Gasteiger partial charge in [0.2, 0.25) is 0 Å². The minimum atomic E-state index is -0.605. The van der Waals surface area contributed by atoms with Gasteiger partial charge >= 0.3 is 12.1 Å². The van der Waals surface area contributed by atoms with Crippen molar-refractivity contribution in [2.75, 3.05) is 25.0 Å². The fourth-order valence-electron chi connectivity index (χ4n) is 2.70. The first-order valence-electron chi connectivity index (χ1n) is 8.40. The van der Waals surface area contributed by atoms with E-state index in [2.05, 4.69) is 16.8 Å². The monoisotopic (exact) mass is 366 g/mol. The van der Waals surface area contributed by atoms with Gasteiger partial charge in [-0.05, 0) is 39.7 Å². The number of amides is 1. The molecule has 7 heteroatoms. The van der Waals surface area contributed by atoms with Gasteiger partial charge in [0.25, 0.3) is 0 Å². The standard InChI is InChI=1S/C18H26N2O4S/c1-6-9-20-10-8-12-13(11-20)25-15(14(12)16(21)23-7-2)19-17(22)24-18(3,4)5/h6H,1,7-11H2,2-5H3,(H,19,22). The summed E-state index contributed by atoms with van der Waals surface area (Å²) in [5.41, 5.74) is 0.826. The number of fused-ring (bicyclic) bond motifs is 1. The summed E-state index contributed by atoms with van der Waals surface area (Å²) in [7, 11) is 0. The van der Waals surface area contributed by atoms with Gasteiger partial charge < -0.3 is 9.47 Å². The zero-order chi connectivity index (χ0) is 18.6. The van der Waals surface area contributed by atoms with E-state index >= 15 is 0 Å². The summed E-state index contributed by atoms with van der Waals surface area (Å²) in [4.78, 5) is 27.9. The Hall–Kier alpha value is -1.86. The number of esters is 1. The van der Waals surface area contributed by atoms with Crippen molar-refractivity contribution < 1.29 is 19.1 Å². The number of carbonyl (C=O) groups is 2. The lowest BCUT2D eigenvalue weighted by Crippen LogP contribution is -2.30. The highest BCUT2D eigenvalue weighted by Gasteiger charge is 2.30. The van der Waals surface area contributed by atoms with Gasteiger partial charge in [0, 0.05) is 24.5 Å². The molecule has 1 aliphatic heterocycles. The third-order valence-corrected chi connectivity index (χ3v) is 4.75. The number of rotatable bonds is 5. The smallest absolute Gasteiger partial charge is 0.412 e. The van der Waals surface area contributed by atoms with E-state index in [4.69, 9.17) is 9.47 Å². The quantitative estimate of drug-likeness (QED) is 0.634. The molecule has 138 valence electrons. The Morgan fingerprint density at radius 1 is 1.40 bits per heavy atom. The topological polar surface area (TPSA) is 67.9 Å². The second-order valence-corrected chi connectivity index (χ2v) is 7.93. The van der Waals surface area contributed by atoms with Crippen molar-refractivity contribution in [3.8, 4) is 0 Å². The molecule has 25 heavy (non-hydrogen) atoms. The van der Waals surface area contributed by atoms with Crippen LogP contribution in [-0.2, 0) is 22.4 Å². The third kappa shape index (κ3) is 5.06. The molecule has 1 aromatic rings. The highest BCUT2D eigenvalue weighted by Crippen LogP contribution is 2.37. The largest absolute Gasteiger partial charge is 0.462 e. The average Bonchev–Trinajstić information content (AvgIpc) is 2.82. The summed E-state index contributed by atoms with van der Waals surface area (Å²) in [6.07, 6.45) is 2.04. The van der Waals surface area contributed by atoms with Crippen molar-refractivity contribution in [3.05, 3.63) is 28.7 Å². The number of carbonyl (C=O) groups excluding carboxylic acids is 2. The van der Waals surface area contributed by atoms with Gasteiger partial charge in [0.15, 0.2) is 0 Å². The Morgan fingerprint density at radius 2 is 2.12 bits per heavy atom. The van der Waals surface area contributed by atoms with Crippen molar-refractivity contribution in [2.45, 2.75) is 46.3 Å². The first kappa shape index (κ1) is 19.5. The van der Waals surface area contributed by atoms with Gasteiger partial charge in [-0.1, -0.05) is 6.08 Å². The van der Waals surface area contributed by atoms with Crippen LogP contribution in [0.15, 0.2) is 12.7 Å².